The predicted molar refractivity (Wildman–Crippen MR) is 59.2 cm³/mol. The first-order valence-corrected chi connectivity index (χ1v) is 6.19. The molecule has 0 radical (unpaired) electrons. The Hall–Kier alpha value is -1.11. The molecule has 16 heavy (non-hydrogen) atoms. The molecule has 1 atom stereocenters. The topological polar surface area (TPSA) is 72.8 Å². The number of rotatable bonds is 5. The fraction of sp³-hybridized carbons (Fsp3) is 0.400. The Morgan fingerprint density at radius 2 is 1.94 bits per heavy atom. The molecule has 0 bridgehead atoms. The molecule has 6 heteroatoms. The van der Waals surface area contributed by atoms with Crippen LogP contribution in [0.3, 0.4) is 0 Å². The fourth-order valence-corrected chi connectivity index (χ4v) is 2.11. The lowest BCUT2D eigenvalue weighted by Gasteiger charge is -2.16. The minimum Gasteiger partial charge on any atom is -0.496 e. The van der Waals surface area contributed by atoms with Crippen molar-refractivity contribution in [1.29, 1.82) is 0 Å². The van der Waals surface area contributed by atoms with Crippen molar-refractivity contribution in [2.75, 3.05) is 20.0 Å². The van der Waals surface area contributed by atoms with E-state index in [1.165, 1.54) is 14.2 Å². The van der Waals surface area contributed by atoms with E-state index in [2.05, 4.69) is 0 Å². The van der Waals surface area contributed by atoms with Gasteiger partial charge >= 0.3 is 0 Å². The van der Waals surface area contributed by atoms with Gasteiger partial charge < -0.3 is 9.47 Å². The molecular weight excluding hydrogens is 232 g/mol. The average Bonchev–Trinajstić information content (AvgIpc) is 2.24. The molecule has 1 aromatic rings. The van der Waals surface area contributed by atoms with Crippen molar-refractivity contribution >= 4 is 10.1 Å². The van der Waals surface area contributed by atoms with Crippen LogP contribution in [0.25, 0.3) is 0 Å². The van der Waals surface area contributed by atoms with Crippen LogP contribution in [-0.2, 0) is 14.9 Å². The van der Waals surface area contributed by atoms with Crippen molar-refractivity contribution < 1.29 is 22.4 Å². The number of para-hydroxylation sites is 1. The first-order chi connectivity index (χ1) is 7.48. The van der Waals surface area contributed by atoms with Gasteiger partial charge in [0.2, 0.25) is 0 Å². The summed E-state index contributed by atoms with van der Waals surface area (Å²) in [5, 5.41) is 0. The Morgan fingerprint density at radius 1 is 1.31 bits per heavy atom. The number of benzene rings is 1. The third-order valence-corrected chi connectivity index (χ3v) is 2.86. The zero-order valence-electron chi connectivity index (χ0n) is 9.08. The van der Waals surface area contributed by atoms with E-state index >= 15 is 0 Å². The van der Waals surface area contributed by atoms with Crippen molar-refractivity contribution in [2.24, 2.45) is 0 Å². The normalized spacial score (nSPS) is 13.4. The van der Waals surface area contributed by atoms with E-state index in [1.54, 1.807) is 24.3 Å². The zero-order valence-corrected chi connectivity index (χ0v) is 9.90. The molecule has 90 valence electrons. The molecule has 0 saturated heterocycles. The molecule has 1 unspecified atom stereocenters. The van der Waals surface area contributed by atoms with E-state index in [4.69, 9.17) is 14.0 Å². The van der Waals surface area contributed by atoms with Crippen molar-refractivity contribution in [3.05, 3.63) is 29.8 Å². The molecule has 1 aromatic carbocycles. The molecule has 1 N–H and O–H groups in total. The van der Waals surface area contributed by atoms with E-state index < -0.39 is 22.0 Å². The van der Waals surface area contributed by atoms with E-state index in [1.807, 2.05) is 0 Å². The highest BCUT2D eigenvalue weighted by Gasteiger charge is 2.21. The van der Waals surface area contributed by atoms with Gasteiger partial charge in [0, 0.05) is 12.7 Å². The summed E-state index contributed by atoms with van der Waals surface area (Å²) in [6, 6.07) is 6.90. The van der Waals surface area contributed by atoms with Crippen LogP contribution in [0.2, 0.25) is 0 Å². The van der Waals surface area contributed by atoms with Gasteiger partial charge in [-0.15, -0.1) is 0 Å². The maximum Gasteiger partial charge on any atom is 0.267 e. The van der Waals surface area contributed by atoms with Gasteiger partial charge in [-0.25, -0.2) is 0 Å². The summed E-state index contributed by atoms with van der Waals surface area (Å²) in [4.78, 5) is 0. The third-order valence-electron chi connectivity index (χ3n) is 2.13. The molecule has 0 amide bonds. The highest BCUT2D eigenvalue weighted by molar-refractivity contribution is 7.85. The van der Waals surface area contributed by atoms with Crippen LogP contribution < -0.4 is 4.74 Å². The van der Waals surface area contributed by atoms with Gasteiger partial charge in [0.05, 0.1) is 7.11 Å². The molecule has 0 aliphatic carbocycles. The van der Waals surface area contributed by atoms with E-state index in [0.29, 0.717) is 11.3 Å². The number of hydrogen-bond donors (Lipinski definition) is 1. The summed E-state index contributed by atoms with van der Waals surface area (Å²) < 4.78 is 40.5. The highest BCUT2D eigenvalue weighted by atomic mass is 32.2. The molecule has 0 aliphatic rings. The number of hydrogen-bond acceptors (Lipinski definition) is 4. The maximum absolute atomic E-state index is 10.8. The Kier molecular flexibility index (Phi) is 4.28. The lowest BCUT2D eigenvalue weighted by atomic mass is 10.1. The zero-order chi connectivity index (χ0) is 12.2. The summed E-state index contributed by atoms with van der Waals surface area (Å²) in [6.07, 6.45) is -0.744. The summed E-state index contributed by atoms with van der Waals surface area (Å²) in [6.45, 7) is 0. The lowest BCUT2D eigenvalue weighted by Crippen LogP contribution is -2.16. The van der Waals surface area contributed by atoms with E-state index in [0.717, 1.165) is 0 Å². The SMILES string of the molecule is COc1ccccc1C(CS(=O)(=O)O)OC. The monoisotopic (exact) mass is 246 g/mol. The van der Waals surface area contributed by atoms with Crippen LogP contribution >= 0.6 is 0 Å². The average molecular weight is 246 g/mol. The molecular formula is C10H14O5S. The minimum atomic E-state index is -4.09. The van der Waals surface area contributed by atoms with E-state index in [9.17, 15) is 8.42 Å². The largest absolute Gasteiger partial charge is 0.496 e. The first kappa shape index (κ1) is 13.0. The second kappa shape index (κ2) is 5.29. The Balaban J connectivity index is 3.03. The van der Waals surface area contributed by atoms with Gasteiger partial charge in [0.25, 0.3) is 10.1 Å². The Morgan fingerprint density at radius 3 is 2.44 bits per heavy atom. The number of methoxy groups -OCH3 is 2. The second-order valence-electron chi connectivity index (χ2n) is 3.21. The maximum atomic E-state index is 10.8. The lowest BCUT2D eigenvalue weighted by molar-refractivity contribution is 0.118. The predicted octanol–water partition coefficient (Wildman–Crippen LogP) is 1.27. The molecule has 0 fully saturated rings. The van der Waals surface area contributed by atoms with Gasteiger partial charge in [0.1, 0.15) is 17.6 Å². The van der Waals surface area contributed by atoms with Crippen molar-refractivity contribution in [3.8, 4) is 5.75 Å². The standard InChI is InChI=1S/C10H14O5S/c1-14-9-6-4-3-5-8(9)10(15-2)7-16(11,12)13/h3-6,10H,7H2,1-2H3,(H,11,12,13). The van der Waals surface area contributed by atoms with Gasteiger partial charge in [0.15, 0.2) is 0 Å². The molecule has 5 nitrogen and oxygen atoms in total. The molecule has 1 rings (SSSR count). The van der Waals surface area contributed by atoms with Crippen LogP contribution in [0.1, 0.15) is 11.7 Å². The Labute approximate surface area is 94.7 Å². The Bertz CT molecular complexity index is 440. The number of ether oxygens (including phenoxy) is 2. The highest BCUT2D eigenvalue weighted by Crippen LogP contribution is 2.27. The second-order valence-corrected chi connectivity index (χ2v) is 4.71. The van der Waals surface area contributed by atoms with Crippen LogP contribution in [-0.4, -0.2) is 32.9 Å². The van der Waals surface area contributed by atoms with Crippen LogP contribution in [0.15, 0.2) is 24.3 Å². The third kappa shape index (κ3) is 3.48. The van der Waals surface area contributed by atoms with Crippen molar-refractivity contribution in [2.45, 2.75) is 6.10 Å². The van der Waals surface area contributed by atoms with Gasteiger partial charge in [-0.3, -0.25) is 4.55 Å². The van der Waals surface area contributed by atoms with Gasteiger partial charge in [-0.2, -0.15) is 8.42 Å². The van der Waals surface area contributed by atoms with Crippen LogP contribution in [0.4, 0.5) is 0 Å². The summed E-state index contributed by atoms with van der Waals surface area (Å²) in [5.41, 5.74) is 0.588. The van der Waals surface area contributed by atoms with Crippen LogP contribution in [0, 0.1) is 0 Å². The minimum absolute atomic E-state index is 0.496. The molecule has 0 aliphatic heterocycles. The molecule has 0 aromatic heterocycles. The molecule has 0 spiro atoms. The van der Waals surface area contributed by atoms with Crippen LogP contribution in [0.5, 0.6) is 5.75 Å². The quantitative estimate of drug-likeness (QED) is 0.792. The van der Waals surface area contributed by atoms with E-state index in [-0.39, 0.29) is 0 Å². The summed E-state index contributed by atoms with van der Waals surface area (Å²) in [7, 11) is -1.23. The molecule has 0 heterocycles. The summed E-state index contributed by atoms with van der Waals surface area (Å²) in [5.74, 6) is 0.0298. The molecule has 0 saturated carbocycles. The van der Waals surface area contributed by atoms with Gasteiger partial charge in [-0.1, -0.05) is 18.2 Å². The van der Waals surface area contributed by atoms with Crippen molar-refractivity contribution in [3.63, 3.8) is 0 Å². The van der Waals surface area contributed by atoms with Gasteiger partial charge in [-0.05, 0) is 6.07 Å². The smallest absolute Gasteiger partial charge is 0.267 e. The summed E-state index contributed by atoms with van der Waals surface area (Å²) >= 11 is 0. The van der Waals surface area contributed by atoms with Crippen molar-refractivity contribution in [1.82, 2.24) is 0 Å². The first-order valence-electron chi connectivity index (χ1n) is 4.59. The fourth-order valence-electron chi connectivity index (χ4n) is 1.41.